The average molecular weight is 331 g/mol. The minimum atomic E-state index is -5.01. The van der Waals surface area contributed by atoms with Gasteiger partial charge < -0.3 is 9.84 Å². The smallest absolute Gasteiger partial charge is 0.436 e. The number of ether oxygens (including phenoxy) is 1. The monoisotopic (exact) mass is 330 g/mol. The number of carboxylic acids is 1. The van der Waals surface area contributed by atoms with Crippen LogP contribution < -0.4 is 4.74 Å². The summed E-state index contributed by atoms with van der Waals surface area (Å²) in [5, 5.41) is 9.36. The topological polar surface area (TPSA) is 46.5 Å². The lowest BCUT2D eigenvalue weighted by Crippen LogP contribution is -2.53. The number of carbonyl (C=O) groups is 1. The zero-order chi connectivity index (χ0) is 16.7. The molecule has 0 amide bonds. The first-order valence-electron chi connectivity index (χ1n) is 5.97. The fraction of sp³-hybridized carbons (Fsp3) is 0.133. The Morgan fingerprint density at radius 3 is 2.45 bits per heavy atom. The highest BCUT2D eigenvalue weighted by molar-refractivity contribution is 6.31. The van der Waals surface area contributed by atoms with E-state index < -0.39 is 23.3 Å². The van der Waals surface area contributed by atoms with Crippen LogP contribution >= 0.6 is 11.6 Å². The second kappa shape index (κ2) is 5.21. The van der Waals surface area contributed by atoms with Crippen molar-refractivity contribution < 1.29 is 27.8 Å². The van der Waals surface area contributed by atoms with Crippen LogP contribution in [0.1, 0.15) is 11.1 Å². The number of rotatable bonds is 3. The lowest BCUT2D eigenvalue weighted by Gasteiger charge is -2.37. The van der Waals surface area contributed by atoms with Crippen molar-refractivity contribution in [3.63, 3.8) is 0 Å². The highest BCUT2D eigenvalue weighted by atomic mass is 35.5. The van der Waals surface area contributed by atoms with Crippen molar-refractivity contribution in [1.29, 1.82) is 0 Å². The number of aliphatic carboxylic acids is 1. The van der Waals surface area contributed by atoms with Gasteiger partial charge in [0.15, 0.2) is 0 Å². The fourth-order valence-corrected chi connectivity index (χ4v) is 2.43. The zero-order valence-corrected chi connectivity index (χ0v) is 11.8. The highest BCUT2D eigenvalue weighted by Crippen LogP contribution is 2.47. The normalized spacial score (nSPS) is 20.5. The summed E-state index contributed by atoms with van der Waals surface area (Å²) in [4.78, 5) is 11.3. The van der Waals surface area contributed by atoms with Gasteiger partial charge in [-0.3, -0.25) is 0 Å². The van der Waals surface area contributed by atoms with Crippen molar-refractivity contribution in [2.45, 2.75) is 11.8 Å². The van der Waals surface area contributed by atoms with Gasteiger partial charge in [-0.15, -0.1) is 0 Å². The van der Waals surface area contributed by atoms with Crippen LogP contribution in [0.25, 0.3) is 12.2 Å². The van der Waals surface area contributed by atoms with Crippen LogP contribution in [0.15, 0.2) is 36.9 Å². The Morgan fingerprint density at radius 2 is 2.00 bits per heavy atom. The van der Waals surface area contributed by atoms with Crippen molar-refractivity contribution in [1.82, 2.24) is 0 Å². The number of hydrogen-bond acceptors (Lipinski definition) is 2. The van der Waals surface area contributed by atoms with E-state index in [0.717, 1.165) is 6.08 Å². The predicted octanol–water partition coefficient (Wildman–Crippen LogP) is 4.33. The molecule has 1 heterocycles. The number of fused-ring (bicyclic) bond motifs is 1. The van der Waals surface area contributed by atoms with Crippen molar-refractivity contribution >= 4 is 29.7 Å². The van der Waals surface area contributed by atoms with Gasteiger partial charge in [-0.2, -0.15) is 13.2 Å². The van der Waals surface area contributed by atoms with Crippen LogP contribution in [0.2, 0.25) is 5.02 Å². The molecule has 3 nitrogen and oxygen atoms in total. The van der Waals surface area contributed by atoms with Gasteiger partial charge in [0, 0.05) is 16.1 Å². The van der Waals surface area contributed by atoms with Gasteiger partial charge >= 0.3 is 12.1 Å². The molecule has 0 aliphatic carbocycles. The van der Waals surface area contributed by atoms with E-state index in [1.165, 1.54) is 18.2 Å². The Labute approximate surface area is 129 Å². The summed E-state index contributed by atoms with van der Waals surface area (Å²) in [6.45, 7) is 6.59. The molecule has 2 rings (SSSR count). The Hall–Kier alpha value is -2.21. The quantitative estimate of drug-likeness (QED) is 0.839. The number of benzene rings is 1. The van der Waals surface area contributed by atoms with E-state index in [-0.39, 0.29) is 21.9 Å². The van der Waals surface area contributed by atoms with E-state index in [0.29, 0.717) is 6.08 Å². The summed E-state index contributed by atoms with van der Waals surface area (Å²) in [5.74, 6) is -1.91. The minimum absolute atomic E-state index is 0.126. The predicted molar refractivity (Wildman–Crippen MR) is 76.8 cm³/mol. The molecule has 0 spiro atoms. The molecule has 1 aromatic rings. The third-order valence-electron chi connectivity index (χ3n) is 3.23. The molecular weight excluding hydrogens is 321 g/mol. The summed E-state index contributed by atoms with van der Waals surface area (Å²) in [6.07, 6.45) is -2.42. The largest absolute Gasteiger partial charge is 0.478 e. The molecule has 1 aliphatic rings. The van der Waals surface area contributed by atoms with Gasteiger partial charge in [-0.25, -0.2) is 4.79 Å². The second-order valence-electron chi connectivity index (χ2n) is 4.52. The third kappa shape index (κ3) is 2.29. The first-order valence-corrected chi connectivity index (χ1v) is 6.35. The molecule has 0 radical (unpaired) electrons. The molecule has 0 saturated heterocycles. The zero-order valence-electron chi connectivity index (χ0n) is 11.1. The molecule has 116 valence electrons. The lowest BCUT2D eigenvalue weighted by molar-refractivity contribution is -0.217. The summed E-state index contributed by atoms with van der Waals surface area (Å²) in [5.41, 5.74) is -3.78. The minimum Gasteiger partial charge on any atom is -0.478 e. The molecule has 22 heavy (non-hydrogen) atoms. The maximum atomic E-state index is 13.5. The van der Waals surface area contributed by atoms with Gasteiger partial charge in [0.05, 0.1) is 5.57 Å². The van der Waals surface area contributed by atoms with E-state index >= 15 is 0 Å². The summed E-state index contributed by atoms with van der Waals surface area (Å²) >= 11 is 5.86. The van der Waals surface area contributed by atoms with E-state index in [9.17, 15) is 18.0 Å². The van der Waals surface area contributed by atoms with Crippen LogP contribution in [0.4, 0.5) is 13.2 Å². The van der Waals surface area contributed by atoms with Crippen molar-refractivity contribution in [3.8, 4) is 5.75 Å². The Balaban J connectivity index is 2.83. The molecule has 0 saturated carbocycles. The number of carboxylic acid groups (broad SMARTS) is 1. The van der Waals surface area contributed by atoms with Crippen molar-refractivity contribution in [2.24, 2.45) is 0 Å². The Morgan fingerprint density at radius 1 is 1.36 bits per heavy atom. The van der Waals surface area contributed by atoms with Gasteiger partial charge in [0.1, 0.15) is 5.75 Å². The molecule has 1 aliphatic heterocycles. The van der Waals surface area contributed by atoms with Crippen LogP contribution in [-0.2, 0) is 4.79 Å². The molecule has 1 unspecified atom stereocenters. The number of hydrogen-bond donors (Lipinski definition) is 1. The molecule has 7 heteroatoms. The van der Waals surface area contributed by atoms with Gasteiger partial charge in [-0.05, 0) is 24.3 Å². The highest BCUT2D eigenvalue weighted by Gasteiger charge is 2.61. The third-order valence-corrected chi connectivity index (χ3v) is 3.45. The van der Waals surface area contributed by atoms with E-state index in [1.54, 1.807) is 0 Å². The molecule has 1 aromatic carbocycles. The summed E-state index contributed by atoms with van der Waals surface area (Å²) < 4.78 is 45.5. The average Bonchev–Trinajstić information content (AvgIpc) is 2.43. The van der Waals surface area contributed by atoms with Crippen LogP contribution in [0.5, 0.6) is 5.75 Å². The first-order chi connectivity index (χ1) is 10.2. The molecule has 0 fully saturated rings. The van der Waals surface area contributed by atoms with Crippen LogP contribution in [0, 0.1) is 0 Å². The lowest BCUT2D eigenvalue weighted by atomic mass is 9.87. The molecule has 1 N–H and O–H groups in total. The number of halogens is 4. The Kier molecular flexibility index (Phi) is 3.83. The van der Waals surface area contributed by atoms with E-state index in [4.69, 9.17) is 21.4 Å². The fourth-order valence-electron chi connectivity index (χ4n) is 2.19. The molecular formula is C15H10ClF3O3. The molecule has 0 aromatic heterocycles. The van der Waals surface area contributed by atoms with Crippen molar-refractivity contribution in [3.05, 3.63) is 53.1 Å². The standard InChI is InChI=1S/C15H10ClF3O3/c1-3-8-5-10(16)6-9-7-11(13(20)21)14(4-2,15(17,18)19)22-12(8)9/h3-7H,1-2H2,(H,20,21). The van der Waals surface area contributed by atoms with Gasteiger partial charge in [0.25, 0.3) is 5.60 Å². The number of alkyl halides is 3. The SMILES string of the molecule is C=Cc1cc(Cl)cc2c1OC(C=C)(C(F)(F)F)C(C(=O)O)=C2. The van der Waals surface area contributed by atoms with Crippen LogP contribution in [-0.4, -0.2) is 22.9 Å². The van der Waals surface area contributed by atoms with Gasteiger partial charge in [-0.1, -0.05) is 30.8 Å². The van der Waals surface area contributed by atoms with E-state index in [1.807, 2.05) is 0 Å². The maximum Gasteiger partial charge on any atom is 0.436 e. The molecule has 1 atom stereocenters. The van der Waals surface area contributed by atoms with Crippen LogP contribution in [0.3, 0.4) is 0 Å². The Bertz CT molecular complexity index is 707. The summed E-state index contributed by atoms with van der Waals surface area (Å²) in [7, 11) is 0. The first kappa shape index (κ1) is 16.2. The van der Waals surface area contributed by atoms with Gasteiger partial charge in [0.2, 0.25) is 0 Å². The molecule has 0 bridgehead atoms. The second-order valence-corrected chi connectivity index (χ2v) is 4.96. The summed E-state index contributed by atoms with van der Waals surface area (Å²) in [6, 6.07) is 2.69. The van der Waals surface area contributed by atoms with Crippen molar-refractivity contribution in [2.75, 3.05) is 0 Å². The van der Waals surface area contributed by atoms with E-state index in [2.05, 4.69) is 13.2 Å². The maximum absolute atomic E-state index is 13.5.